The molecule has 0 aromatic carbocycles. The minimum absolute atomic E-state index is 0. The third kappa shape index (κ3) is 13.9. The first-order valence-corrected chi connectivity index (χ1v) is 0. The van der Waals surface area contributed by atoms with Crippen molar-refractivity contribution in [3.8, 4) is 0 Å². The zero-order chi connectivity index (χ0) is 0. The van der Waals surface area contributed by atoms with E-state index < -0.39 is 0 Å². The molecule has 0 aromatic heterocycles. The number of hydrogen-bond donors (Lipinski definition) is 0. The first-order valence-electron chi connectivity index (χ1n) is 0. The van der Waals surface area contributed by atoms with Crippen LogP contribution >= 0.6 is 0 Å². The Labute approximate surface area is 45.1 Å². The van der Waals surface area contributed by atoms with Crippen molar-refractivity contribution in [2.75, 3.05) is 0 Å². The second-order valence-electron chi connectivity index (χ2n) is 0. The fourth-order valence-corrected chi connectivity index (χ4v) is 0. The van der Waals surface area contributed by atoms with Crippen LogP contribution in [0.15, 0.2) is 0 Å². The number of rotatable bonds is 0. The molecule has 0 nitrogen and oxygen atoms in total. The van der Waals surface area contributed by atoms with Crippen LogP contribution in [0.25, 0.3) is 0 Å². The summed E-state index contributed by atoms with van der Waals surface area (Å²) in [5.41, 5.74) is 0. The summed E-state index contributed by atoms with van der Waals surface area (Å²) in [7, 11) is 0. The zero-order valence-corrected chi connectivity index (χ0v) is 4.87. The van der Waals surface area contributed by atoms with Gasteiger partial charge in [-0.1, -0.05) is 0 Å². The second-order valence-corrected chi connectivity index (χ2v) is 0. The van der Waals surface area contributed by atoms with Gasteiger partial charge in [-0.05, 0) is 0 Å². The third-order valence-electron chi connectivity index (χ3n) is 0. The third-order valence-corrected chi connectivity index (χ3v) is 0. The molecule has 0 bridgehead atoms. The van der Waals surface area contributed by atoms with Gasteiger partial charge in [-0.15, -0.1) is 0 Å². The predicted octanol–water partition coefficient (Wildman–Crippen LogP) is -2.48. The molecule has 0 aliphatic rings. The maximum atomic E-state index is 0. The normalized spacial score (nSPS) is 0. The molecule has 0 saturated heterocycles. The Kier molecular flexibility index (Phi) is 1170. The Morgan fingerprint density at radius 1 is 0.750 bits per heavy atom. The van der Waals surface area contributed by atoms with Gasteiger partial charge >= 0.3 is 17.4 Å². The topological polar surface area (TPSA) is 0 Å². The molecular formula is C2H6AlCl. The Bertz CT molecular complexity index is 6.00. The summed E-state index contributed by atoms with van der Waals surface area (Å²) in [6.07, 6.45) is 0. The van der Waals surface area contributed by atoms with E-state index in [9.17, 15) is 0 Å². The van der Waals surface area contributed by atoms with Gasteiger partial charge in [0.25, 0.3) is 0 Å². The van der Waals surface area contributed by atoms with Crippen molar-refractivity contribution in [2.45, 2.75) is 0 Å². The summed E-state index contributed by atoms with van der Waals surface area (Å²) >= 11 is 0. The first kappa shape index (κ1) is 104. The Morgan fingerprint density at radius 2 is 0.750 bits per heavy atom. The van der Waals surface area contributed by atoms with E-state index in [-0.39, 0.29) is 44.6 Å². The van der Waals surface area contributed by atoms with Crippen LogP contribution in [0, 0.1) is 14.9 Å². The molecule has 0 atom stereocenters. The van der Waals surface area contributed by atoms with Gasteiger partial charge in [0.15, 0.2) is 0 Å². The molecule has 0 heterocycles. The van der Waals surface area contributed by atoms with Gasteiger partial charge in [-0.25, -0.2) is 0 Å². The largest absolute Gasteiger partial charge is 3.00 e. The number of halogens is 1. The molecule has 0 amide bonds. The van der Waals surface area contributed by atoms with Crippen molar-refractivity contribution < 1.29 is 12.4 Å². The van der Waals surface area contributed by atoms with Gasteiger partial charge in [-0.2, -0.15) is 0 Å². The summed E-state index contributed by atoms with van der Waals surface area (Å²) in [5.74, 6) is 0. The van der Waals surface area contributed by atoms with Crippen molar-refractivity contribution in [1.29, 1.82) is 0 Å². The molecule has 0 unspecified atom stereocenters. The van der Waals surface area contributed by atoms with Crippen LogP contribution in [0.3, 0.4) is 0 Å². The molecule has 4 heavy (non-hydrogen) atoms. The maximum absolute atomic E-state index is 0. The molecule has 0 aliphatic heterocycles. The summed E-state index contributed by atoms with van der Waals surface area (Å²) in [6, 6.07) is 0. The Balaban J connectivity index is 0. The molecule has 0 spiro atoms. The van der Waals surface area contributed by atoms with Crippen LogP contribution in [0.1, 0.15) is 0 Å². The molecule has 24 valence electrons. The minimum Gasteiger partial charge on any atom is -1.00 e. The maximum Gasteiger partial charge on any atom is 3.00 e. The van der Waals surface area contributed by atoms with Gasteiger partial charge in [0.2, 0.25) is 0 Å². The minimum atomic E-state index is 0. The molecule has 0 rings (SSSR count). The van der Waals surface area contributed by atoms with Crippen molar-refractivity contribution in [1.82, 2.24) is 0 Å². The van der Waals surface area contributed by atoms with E-state index in [1.807, 2.05) is 0 Å². The van der Waals surface area contributed by atoms with Gasteiger partial charge in [-0.3, -0.25) is 0 Å². The van der Waals surface area contributed by atoms with E-state index >= 15 is 0 Å². The summed E-state index contributed by atoms with van der Waals surface area (Å²) in [4.78, 5) is 0. The van der Waals surface area contributed by atoms with E-state index in [1.165, 1.54) is 0 Å². The van der Waals surface area contributed by atoms with Gasteiger partial charge in [0.1, 0.15) is 0 Å². The van der Waals surface area contributed by atoms with Crippen molar-refractivity contribution in [2.24, 2.45) is 0 Å². The SMILES string of the molecule is [Al+3].[CH3-].[CH3-].[Cl-]. The van der Waals surface area contributed by atoms with Gasteiger partial charge < -0.3 is 27.3 Å². The van der Waals surface area contributed by atoms with Crippen LogP contribution in [0.2, 0.25) is 0 Å². The Hall–Kier alpha value is 0.822. The molecule has 2 heteroatoms. The standard InChI is InChI=1S/2CH3.Al.ClH/h2*1H3;;1H/q2*-1;+3;/p-1. The Morgan fingerprint density at radius 3 is 0.750 bits per heavy atom. The van der Waals surface area contributed by atoms with E-state index in [1.54, 1.807) is 0 Å². The van der Waals surface area contributed by atoms with E-state index in [0.29, 0.717) is 0 Å². The predicted molar refractivity (Wildman–Crippen MR) is 18.6 cm³/mol. The van der Waals surface area contributed by atoms with Crippen LogP contribution in [0.4, 0.5) is 0 Å². The molecule has 0 N–H and O–H groups in total. The molecule has 0 fully saturated rings. The zero-order valence-electron chi connectivity index (χ0n) is 2.96. The average molecular weight is 92.5 g/mol. The van der Waals surface area contributed by atoms with Crippen LogP contribution < -0.4 is 12.4 Å². The molecule has 0 aromatic rings. The fraction of sp³-hybridized carbons (Fsp3) is 0. The van der Waals surface area contributed by atoms with Crippen molar-refractivity contribution >= 4 is 17.4 Å². The summed E-state index contributed by atoms with van der Waals surface area (Å²) < 4.78 is 0. The quantitative estimate of drug-likeness (QED) is 0.229. The van der Waals surface area contributed by atoms with Gasteiger partial charge in [0.05, 0.1) is 0 Å². The van der Waals surface area contributed by atoms with Crippen LogP contribution in [0.5, 0.6) is 0 Å². The first-order chi connectivity index (χ1) is 0. The average Bonchev–Trinajstić information content (AvgIpc) is 0. The molecule has 0 aliphatic carbocycles. The van der Waals surface area contributed by atoms with Crippen molar-refractivity contribution in [3.05, 3.63) is 14.9 Å². The monoisotopic (exact) mass is 92.0 g/mol. The molecule has 0 radical (unpaired) electrons. The fourth-order valence-electron chi connectivity index (χ4n) is 0. The van der Waals surface area contributed by atoms with E-state index in [0.717, 1.165) is 0 Å². The molecule has 0 saturated carbocycles. The second kappa shape index (κ2) is 45.0. The summed E-state index contributed by atoms with van der Waals surface area (Å²) in [5, 5.41) is 0. The molecular weight excluding hydrogens is 86.5 g/mol. The van der Waals surface area contributed by atoms with Crippen molar-refractivity contribution in [3.63, 3.8) is 0 Å². The van der Waals surface area contributed by atoms with Gasteiger partial charge in [0, 0.05) is 0 Å². The van der Waals surface area contributed by atoms with E-state index in [4.69, 9.17) is 0 Å². The number of hydrogen-bond acceptors (Lipinski definition) is 0. The van der Waals surface area contributed by atoms with Crippen LogP contribution in [-0.2, 0) is 0 Å². The van der Waals surface area contributed by atoms with Crippen LogP contribution in [-0.4, -0.2) is 17.4 Å². The van der Waals surface area contributed by atoms with E-state index in [2.05, 4.69) is 0 Å². The smallest absolute Gasteiger partial charge is 1.00 e. The summed E-state index contributed by atoms with van der Waals surface area (Å²) in [6.45, 7) is 0.